The van der Waals surface area contributed by atoms with Gasteiger partial charge < -0.3 is 26.5 Å². The van der Waals surface area contributed by atoms with Crippen LogP contribution in [0, 0.1) is 13.8 Å². The molecule has 0 aliphatic carbocycles. The van der Waals surface area contributed by atoms with Gasteiger partial charge in [0.15, 0.2) is 5.65 Å². The summed E-state index contributed by atoms with van der Waals surface area (Å²) in [5, 5.41) is 14.4. The number of nitrogens with one attached hydrogen (secondary N) is 2. The number of aryl methyl sites for hydroxylation is 4. The van der Waals surface area contributed by atoms with Crippen LogP contribution in [-0.4, -0.2) is 74.4 Å². The zero-order valence-corrected chi connectivity index (χ0v) is 29.7. The van der Waals surface area contributed by atoms with E-state index in [-0.39, 0.29) is 47.5 Å². The van der Waals surface area contributed by atoms with Crippen molar-refractivity contribution in [3.8, 4) is 5.75 Å². The Morgan fingerprint density at radius 3 is 2.09 bits per heavy atom. The summed E-state index contributed by atoms with van der Waals surface area (Å²) in [6, 6.07) is 6.19. The van der Waals surface area contributed by atoms with Crippen LogP contribution >= 0.6 is 0 Å². The Balaban J connectivity index is 1.36. The number of hydrogen-bond donors (Lipinski definition) is 5. The van der Waals surface area contributed by atoms with Gasteiger partial charge in [-0.15, -0.1) is 0 Å². The molecule has 274 valence electrons. The van der Waals surface area contributed by atoms with Crippen molar-refractivity contribution < 1.29 is 23.9 Å². The number of methoxy groups -OCH3 is 1. The molecule has 6 rings (SSSR count). The third-order valence-corrected chi connectivity index (χ3v) is 8.50. The summed E-state index contributed by atoms with van der Waals surface area (Å²) in [5.74, 6) is -1.70. The molecule has 53 heavy (non-hydrogen) atoms. The number of amides is 4. The normalized spacial score (nSPS) is 11.5. The van der Waals surface area contributed by atoms with Crippen molar-refractivity contribution in [1.29, 1.82) is 0 Å². The number of hydrogen-bond acceptors (Lipinski definition) is 11. The SMILES string of the molecule is CCn1nc(C)cc1C(=O)Nc1nc2cc(C(N)=O)cc(OC)c2n1C/C=C/Cn1c(NC(=O)c2c(N)c(C)nn2CC)nc2cc(C(N)=O)cnc21. The molecule has 0 unspecified atom stereocenters. The van der Waals surface area contributed by atoms with Crippen LogP contribution in [0.15, 0.2) is 42.6 Å². The molecule has 19 nitrogen and oxygen atoms in total. The third kappa shape index (κ3) is 6.74. The highest BCUT2D eigenvalue weighted by Crippen LogP contribution is 2.31. The molecule has 0 fully saturated rings. The fraction of sp³-hybridized carbons (Fsp3) is 0.265. The van der Waals surface area contributed by atoms with Gasteiger partial charge in [0.2, 0.25) is 23.7 Å². The van der Waals surface area contributed by atoms with E-state index in [0.29, 0.717) is 58.1 Å². The number of nitrogens with two attached hydrogens (primary N) is 3. The number of anilines is 3. The van der Waals surface area contributed by atoms with Gasteiger partial charge in [-0.25, -0.2) is 15.0 Å². The standard InChI is InChI=1S/C34H38N14O5/c1-6-47-23(12-17(3)43-47)31(51)41-33-39-21-13-19(28(36)49)15-24(53-5)26(21)45(33)10-8-9-11-46-30-22(14-20(16-38-30)29(37)50)40-34(46)42-32(52)27-25(35)18(4)44-48(27)7-2/h8-9,12-16H,6-7,10-11,35H2,1-5H3,(H2,36,49)(H2,37,50)(H,39,41,51)(H,40,42,52)/b9-8+. The fourth-order valence-corrected chi connectivity index (χ4v) is 5.93. The number of ether oxygens (including phenoxy) is 1. The highest BCUT2D eigenvalue weighted by molar-refractivity contribution is 6.07. The number of carbonyl (C=O) groups is 4. The Labute approximate surface area is 301 Å². The van der Waals surface area contributed by atoms with Gasteiger partial charge in [-0.05, 0) is 52.0 Å². The number of imidazole rings is 2. The molecule has 8 N–H and O–H groups in total. The summed E-state index contributed by atoms with van der Waals surface area (Å²) in [6.45, 7) is 8.43. The number of primary amides is 2. The number of nitrogen functional groups attached to an aromatic ring is 1. The Morgan fingerprint density at radius 1 is 0.811 bits per heavy atom. The van der Waals surface area contributed by atoms with Crippen molar-refractivity contribution in [2.75, 3.05) is 23.5 Å². The molecule has 19 heteroatoms. The van der Waals surface area contributed by atoms with Crippen LogP contribution in [0.2, 0.25) is 0 Å². The second-order valence-electron chi connectivity index (χ2n) is 12.0. The molecular weight excluding hydrogens is 684 g/mol. The van der Waals surface area contributed by atoms with Gasteiger partial charge in [-0.3, -0.25) is 43.7 Å². The summed E-state index contributed by atoms with van der Waals surface area (Å²) in [5.41, 5.74) is 21.1. The summed E-state index contributed by atoms with van der Waals surface area (Å²) in [4.78, 5) is 64.6. The number of fused-ring (bicyclic) bond motifs is 2. The maximum absolute atomic E-state index is 13.5. The van der Waals surface area contributed by atoms with E-state index in [9.17, 15) is 19.2 Å². The first-order valence-electron chi connectivity index (χ1n) is 16.5. The van der Waals surface area contributed by atoms with E-state index in [1.54, 1.807) is 45.9 Å². The van der Waals surface area contributed by atoms with E-state index in [1.165, 1.54) is 36.2 Å². The molecule has 5 aromatic heterocycles. The second kappa shape index (κ2) is 14.3. The van der Waals surface area contributed by atoms with Crippen LogP contribution in [0.3, 0.4) is 0 Å². The van der Waals surface area contributed by atoms with Gasteiger partial charge in [0.1, 0.15) is 28.2 Å². The Morgan fingerprint density at radius 2 is 1.43 bits per heavy atom. The zero-order valence-electron chi connectivity index (χ0n) is 29.7. The maximum atomic E-state index is 13.5. The molecule has 0 aliphatic rings. The number of benzene rings is 1. The molecule has 5 heterocycles. The van der Waals surface area contributed by atoms with Crippen LogP contribution in [0.5, 0.6) is 5.75 Å². The fourth-order valence-electron chi connectivity index (χ4n) is 5.93. The van der Waals surface area contributed by atoms with E-state index in [4.69, 9.17) is 21.9 Å². The quantitative estimate of drug-likeness (QED) is 0.108. The Bertz CT molecular complexity index is 2470. The molecule has 4 amide bonds. The molecule has 0 saturated heterocycles. The second-order valence-corrected chi connectivity index (χ2v) is 12.0. The highest BCUT2D eigenvalue weighted by atomic mass is 16.5. The average molecular weight is 723 g/mol. The minimum absolute atomic E-state index is 0.134. The molecular formula is C34H38N14O5. The highest BCUT2D eigenvalue weighted by Gasteiger charge is 2.24. The Kier molecular flexibility index (Phi) is 9.64. The van der Waals surface area contributed by atoms with Gasteiger partial charge in [0.25, 0.3) is 11.8 Å². The zero-order chi connectivity index (χ0) is 38.1. The topological polar surface area (TPSA) is 264 Å². The van der Waals surface area contributed by atoms with Crippen LogP contribution < -0.4 is 32.6 Å². The van der Waals surface area contributed by atoms with E-state index in [1.807, 2.05) is 13.8 Å². The number of carbonyl (C=O) groups excluding carboxylic acids is 4. The number of aromatic nitrogens is 9. The lowest BCUT2D eigenvalue weighted by molar-refractivity contribution is 0.0991. The van der Waals surface area contributed by atoms with E-state index in [0.717, 1.165) is 0 Å². The number of nitrogens with zero attached hydrogens (tertiary/aromatic N) is 9. The molecule has 0 spiro atoms. The van der Waals surface area contributed by atoms with Crippen LogP contribution in [0.1, 0.15) is 66.9 Å². The molecule has 0 aliphatic heterocycles. The predicted octanol–water partition coefficient (Wildman–Crippen LogP) is 2.38. The minimum Gasteiger partial charge on any atom is -0.494 e. The van der Waals surface area contributed by atoms with Crippen LogP contribution in [0.25, 0.3) is 22.2 Å². The van der Waals surface area contributed by atoms with Gasteiger partial charge in [-0.1, -0.05) is 12.2 Å². The maximum Gasteiger partial charge on any atom is 0.278 e. The van der Waals surface area contributed by atoms with Crippen molar-refractivity contribution >= 4 is 63.4 Å². The van der Waals surface area contributed by atoms with Crippen molar-refractivity contribution in [2.45, 2.75) is 53.9 Å². The van der Waals surface area contributed by atoms with Gasteiger partial charge >= 0.3 is 0 Å². The lowest BCUT2D eigenvalue weighted by atomic mass is 10.1. The van der Waals surface area contributed by atoms with Crippen molar-refractivity contribution in [3.63, 3.8) is 0 Å². The van der Waals surface area contributed by atoms with Crippen molar-refractivity contribution in [2.24, 2.45) is 11.5 Å². The minimum atomic E-state index is -0.683. The van der Waals surface area contributed by atoms with E-state index in [2.05, 4.69) is 35.8 Å². The van der Waals surface area contributed by atoms with E-state index >= 15 is 0 Å². The molecule has 6 aromatic rings. The Hall–Kier alpha value is -7.05. The van der Waals surface area contributed by atoms with Crippen molar-refractivity contribution in [3.05, 3.63) is 76.5 Å². The van der Waals surface area contributed by atoms with E-state index < -0.39 is 23.6 Å². The van der Waals surface area contributed by atoms with Crippen molar-refractivity contribution in [1.82, 2.24) is 43.6 Å². The first-order chi connectivity index (χ1) is 25.3. The average Bonchev–Trinajstić information content (AvgIpc) is 3.86. The number of allylic oxidation sites excluding steroid dienone is 2. The van der Waals surface area contributed by atoms with Crippen LogP contribution in [-0.2, 0) is 26.2 Å². The lowest BCUT2D eigenvalue weighted by Gasteiger charge is -2.11. The first-order valence-corrected chi connectivity index (χ1v) is 16.5. The molecule has 0 atom stereocenters. The number of pyridine rings is 1. The lowest BCUT2D eigenvalue weighted by Crippen LogP contribution is -2.21. The smallest absolute Gasteiger partial charge is 0.278 e. The summed E-state index contributed by atoms with van der Waals surface area (Å²) >= 11 is 0. The monoisotopic (exact) mass is 722 g/mol. The van der Waals surface area contributed by atoms with Gasteiger partial charge in [0.05, 0.1) is 35.3 Å². The molecule has 1 aromatic carbocycles. The summed E-state index contributed by atoms with van der Waals surface area (Å²) in [6.07, 6.45) is 4.94. The molecule has 0 saturated carbocycles. The van der Waals surface area contributed by atoms with Gasteiger partial charge in [-0.2, -0.15) is 10.2 Å². The van der Waals surface area contributed by atoms with Gasteiger partial charge in [0, 0.05) is 37.9 Å². The summed E-state index contributed by atoms with van der Waals surface area (Å²) in [7, 11) is 1.45. The number of rotatable bonds is 13. The predicted molar refractivity (Wildman–Crippen MR) is 196 cm³/mol. The molecule has 0 radical (unpaired) electrons. The third-order valence-electron chi connectivity index (χ3n) is 8.50. The molecule has 0 bridgehead atoms. The first kappa shape index (κ1) is 35.8. The largest absolute Gasteiger partial charge is 0.494 e. The van der Waals surface area contributed by atoms with Crippen LogP contribution in [0.4, 0.5) is 17.6 Å². The summed E-state index contributed by atoms with van der Waals surface area (Å²) < 4.78 is 12.1.